The summed E-state index contributed by atoms with van der Waals surface area (Å²) in [6, 6.07) is 0. The Kier molecular flexibility index (Phi) is 4.44. The minimum atomic E-state index is 0.160. The minimum absolute atomic E-state index is 0.160. The predicted molar refractivity (Wildman–Crippen MR) is 55.6 cm³/mol. The van der Waals surface area contributed by atoms with Gasteiger partial charge in [-0.25, -0.2) is 0 Å². The molecule has 1 rings (SSSR count). The molecule has 0 aromatic rings. The van der Waals surface area contributed by atoms with Gasteiger partial charge in [-0.2, -0.15) is 0 Å². The van der Waals surface area contributed by atoms with Crippen LogP contribution in [0, 0.1) is 0 Å². The van der Waals surface area contributed by atoms with Crippen molar-refractivity contribution < 1.29 is 4.74 Å². The lowest BCUT2D eigenvalue weighted by Gasteiger charge is -2.21. The Hall–Kier alpha value is 0.310. The van der Waals surface area contributed by atoms with Crippen LogP contribution in [0.4, 0.5) is 0 Å². The molecule has 1 aliphatic heterocycles. The second kappa shape index (κ2) is 5.13. The molecule has 0 N–H and O–H groups in total. The predicted octanol–water partition coefficient (Wildman–Crippen LogP) is 3.44. The third-order valence-corrected chi connectivity index (χ3v) is 3.69. The van der Waals surface area contributed by atoms with Gasteiger partial charge in [-0.3, -0.25) is 0 Å². The summed E-state index contributed by atoms with van der Waals surface area (Å²) in [6.45, 7) is 5.44. The van der Waals surface area contributed by atoms with E-state index in [0.29, 0.717) is 0 Å². The molecule has 2 heteroatoms. The van der Waals surface area contributed by atoms with E-state index in [1.807, 2.05) is 11.8 Å². The zero-order valence-electron chi connectivity index (χ0n) is 8.27. The van der Waals surface area contributed by atoms with Crippen molar-refractivity contribution in [1.82, 2.24) is 0 Å². The quantitative estimate of drug-likeness (QED) is 0.611. The molecule has 0 spiro atoms. The molecule has 1 heterocycles. The summed E-state index contributed by atoms with van der Waals surface area (Å²) in [5.74, 6) is 1.18. The van der Waals surface area contributed by atoms with E-state index in [4.69, 9.17) is 4.74 Å². The largest absolute Gasteiger partial charge is 0.364 e. The van der Waals surface area contributed by atoms with Gasteiger partial charge in [0.2, 0.25) is 0 Å². The molecule has 0 aromatic heterocycles. The number of thioether (sulfide) groups is 1. The SMILES string of the molecule is CCCCCCC1(C)OCCS1. The molecular weight excluding hydrogens is 168 g/mol. The van der Waals surface area contributed by atoms with Crippen molar-refractivity contribution in [3.05, 3.63) is 0 Å². The zero-order chi connectivity index (χ0) is 8.86. The van der Waals surface area contributed by atoms with E-state index in [9.17, 15) is 0 Å². The smallest absolute Gasteiger partial charge is 0.111 e. The Morgan fingerprint density at radius 1 is 1.33 bits per heavy atom. The van der Waals surface area contributed by atoms with Crippen LogP contribution in [0.15, 0.2) is 0 Å². The molecule has 1 saturated heterocycles. The third-order valence-electron chi connectivity index (χ3n) is 2.38. The number of unbranched alkanes of at least 4 members (excludes halogenated alkanes) is 3. The number of ether oxygens (including phenoxy) is 1. The van der Waals surface area contributed by atoms with Crippen LogP contribution in [-0.2, 0) is 4.74 Å². The summed E-state index contributed by atoms with van der Waals surface area (Å²) in [5.41, 5.74) is 0. The molecule has 1 aliphatic rings. The first kappa shape index (κ1) is 10.4. The van der Waals surface area contributed by atoms with Gasteiger partial charge in [0.15, 0.2) is 0 Å². The van der Waals surface area contributed by atoms with E-state index >= 15 is 0 Å². The molecule has 0 aliphatic carbocycles. The molecule has 1 fully saturated rings. The number of rotatable bonds is 5. The lowest BCUT2D eigenvalue weighted by atomic mass is 10.1. The van der Waals surface area contributed by atoms with Gasteiger partial charge in [-0.1, -0.05) is 26.2 Å². The van der Waals surface area contributed by atoms with E-state index in [1.165, 1.54) is 37.9 Å². The van der Waals surface area contributed by atoms with Gasteiger partial charge < -0.3 is 4.74 Å². The van der Waals surface area contributed by atoms with Crippen molar-refractivity contribution in [3.8, 4) is 0 Å². The van der Waals surface area contributed by atoms with Crippen molar-refractivity contribution in [3.63, 3.8) is 0 Å². The molecular formula is C10H20OS. The van der Waals surface area contributed by atoms with Crippen LogP contribution in [0.5, 0.6) is 0 Å². The summed E-state index contributed by atoms with van der Waals surface area (Å²) in [6.07, 6.45) is 6.64. The Balaban J connectivity index is 2.05. The number of hydrogen-bond acceptors (Lipinski definition) is 2. The van der Waals surface area contributed by atoms with Crippen LogP contribution in [0.25, 0.3) is 0 Å². The highest BCUT2D eigenvalue weighted by molar-refractivity contribution is 8.00. The molecule has 0 amide bonds. The summed E-state index contributed by atoms with van der Waals surface area (Å²) in [5, 5.41) is 0. The van der Waals surface area contributed by atoms with Crippen LogP contribution in [0.2, 0.25) is 0 Å². The Morgan fingerprint density at radius 3 is 2.75 bits per heavy atom. The molecule has 0 radical (unpaired) electrons. The van der Waals surface area contributed by atoms with E-state index in [0.717, 1.165) is 6.61 Å². The van der Waals surface area contributed by atoms with Crippen LogP contribution in [0.3, 0.4) is 0 Å². The van der Waals surface area contributed by atoms with E-state index in [2.05, 4.69) is 13.8 Å². The maximum absolute atomic E-state index is 5.68. The average molecular weight is 188 g/mol. The molecule has 1 unspecified atom stereocenters. The fourth-order valence-electron chi connectivity index (χ4n) is 1.57. The standard InChI is InChI=1S/C10H20OS/c1-3-4-5-6-7-10(2)11-8-9-12-10/h3-9H2,1-2H3. The molecule has 1 atom stereocenters. The van der Waals surface area contributed by atoms with Gasteiger partial charge in [0, 0.05) is 5.75 Å². The third kappa shape index (κ3) is 3.36. The summed E-state index contributed by atoms with van der Waals surface area (Å²) in [4.78, 5) is 0.160. The molecule has 0 bridgehead atoms. The van der Waals surface area contributed by atoms with E-state index in [-0.39, 0.29) is 4.93 Å². The van der Waals surface area contributed by atoms with Crippen molar-refractivity contribution in [1.29, 1.82) is 0 Å². The molecule has 12 heavy (non-hydrogen) atoms. The molecule has 72 valence electrons. The zero-order valence-corrected chi connectivity index (χ0v) is 9.08. The van der Waals surface area contributed by atoms with Gasteiger partial charge in [0.25, 0.3) is 0 Å². The second-order valence-corrected chi connectivity index (χ2v) is 5.20. The monoisotopic (exact) mass is 188 g/mol. The molecule has 0 aromatic carbocycles. The van der Waals surface area contributed by atoms with Crippen molar-refractivity contribution >= 4 is 11.8 Å². The first-order chi connectivity index (χ1) is 5.77. The normalized spacial score (nSPS) is 29.5. The first-order valence-electron chi connectivity index (χ1n) is 5.05. The second-order valence-electron chi connectivity index (χ2n) is 3.64. The lowest BCUT2D eigenvalue weighted by Crippen LogP contribution is -2.18. The highest BCUT2D eigenvalue weighted by Crippen LogP contribution is 2.36. The van der Waals surface area contributed by atoms with Crippen LogP contribution >= 0.6 is 11.8 Å². The van der Waals surface area contributed by atoms with E-state index < -0.39 is 0 Å². The summed E-state index contributed by atoms with van der Waals surface area (Å²) in [7, 11) is 0. The fourth-order valence-corrected chi connectivity index (χ4v) is 2.63. The van der Waals surface area contributed by atoms with Gasteiger partial charge >= 0.3 is 0 Å². The Labute approximate surface area is 80.3 Å². The summed E-state index contributed by atoms with van der Waals surface area (Å²) >= 11 is 1.98. The van der Waals surface area contributed by atoms with Gasteiger partial charge in [-0.15, -0.1) is 11.8 Å². The van der Waals surface area contributed by atoms with Crippen molar-refractivity contribution in [2.45, 2.75) is 50.9 Å². The van der Waals surface area contributed by atoms with E-state index in [1.54, 1.807) is 0 Å². The maximum Gasteiger partial charge on any atom is 0.111 e. The summed E-state index contributed by atoms with van der Waals surface area (Å²) < 4.78 is 5.68. The Bertz CT molecular complexity index is 119. The van der Waals surface area contributed by atoms with Gasteiger partial charge in [0.05, 0.1) is 6.61 Å². The average Bonchev–Trinajstić information content (AvgIpc) is 2.47. The lowest BCUT2D eigenvalue weighted by molar-refractivity contribution is 0.0575. The highest BCUT2D eigenvalue weighted by atomic mass is 32.2. The van der Waals surface area contributed by atoms with Crippen LogP contribution in [0.1, 0.15) is 46.0 Å². The van der Waals surface area contributed by atoms with Crippen LogP contribution in [-0.4, -0.2) is 17.3 Å². The van der Waals surface area contributed by atoms with Gasteiger partial charge in [0.1, 0.15) is 4.93 Å². The first-order valence-corrected chi connectivity index (χ1v) is 6.03. The maximum atomic E-state index is 5.68. The van der Waals surface area contributed by atoms with Gasteiger partial charge in [-0.05, 0) is 19.8 Å². The molecule has 1 nitrogen and oxygen atoms in total. The van der Waals surface area contributed by atoms with Crippen molar-refractivity contribution in [2.24, 2.45) is 0 Å². The highest BCUT2D eigenvalue weighted by Gasteiger charge is 2.29. The fraction of sp³-hybridized carbons (Fsp3) is 1.00. The van der Waals surface area contributed by atoms with Crippen molar-refractivity contribution in [2.75, 3.05) is 12.4 Å². The minimum Gasteiger partial charge on any atom is -0.364 e. The Morgan fingerprint density at radius 2 is 2.17 bits per heavy atom. The topological polar surface area (TPSA) is 9.23 Å². The molecule has 0 saturated carbocycles. The number of hydrogen-bond donors (Lipinski definition) is 0. The van der Waals surface area contributed by atoms with Crippen LogP contribution < -0.4 is 0 Å².